The average molecular weight is 333 g/mol. The number of halogens is 1. The van der Waals surface area contributed by atoms with Crippen LogP contribution >= 0.6 is 22.6 Å². The number of pyridine rings is 1. The van der Waals surface area contributed by atoms with E-state index in [0.29, 0.717) is 11.3 Å². The molecule has 0 amide bonds. The monoisotopic (exact) mass is 333 g/mol. The Bertz CT molecular complexity index is 576. The maximum absolute atomic E-state index is 10.5. The normalized spacial score (nSPS) is 9.24. The van der Waals surface area contributed by atoms with Gasteiger partial charge in [-0.25, -0.2) is 4.98 Å². The Morgan fingerprint density at radius 1 is 1.06 bits per heavy atom. The number of aldehydes is 1. The number of carbonyl (C=O) groups excluding carboxylic acids is 1. The number of benzene rings is 1. The summed E-state index contributed by atoms with van der Waals surface area (Å²) in [4.78, 5) is 14.5. The lowest BCUT2D eigenvalue weighted by Crippen LogP contribution is -1.85. The summed E-state index contributed by atoms with van der Waals surface area (Å²) in [7, 11) is 0. The average Bonchev–Trinajstić information content (AvgIpc) is 2.39. The van der Waals surface area contributed by atoms with Gasteiger partial charge in [-0.2, -0.15) is 0 Å². The van der Waals surface area contributed by atoms with Crippen molar-refractivity contribution in [3.05, 3.63) is 63.0 Å². The predicted octanol–water partition coefficient (Wildman–Crippen LogP) is 2.90. The van der Waals surface area contributed by atoms with Gasteiger partial charge >= 0.3 is 0 Å². The van der Waals surface area contributed by atoms with Crippen molar-refractivity contribution >= 4 is 28.9 Å². The third-order valence-corrected chi connectivity index (χ3v) is 2.82. The smallest absolute Gasteiger partial charge is 0.151 e. The van der Waals surface area contributed by atoms with Crippen LogP contribution in [0.25, 0.3) is 0 Å². The minimum Gasteiger partial charge on any atom is -0.298 e. The van der Waals surface area contributed by atoms with Crippen LogP contribution in [-0.4, -0.2) is 11.3 Å². The van der Waals surface area contributed by atoms with Crippen LogP contribution in [0.1, 0.15) is 21.6 Å². The van der Waals surface area contributed by atoms with Gasteiger partial charge in [0.1, 0.15) is 5.69 Å². The number of nitrogens with zero attached hydrogens (tertiary/aromatic N) is 1. The topological polar surface area (TPSA) is 30.0 Å². The van der Waals surface area contributed by atoms with E-state index in [2.05, 4.69) is 39.4 Å². The second-order valence-corrected chi connectivity index (χ2v) is 4.60. The van der Waals surface area contributed by atoms with Crippen LogP contribution in [0.5, 0.6) is 0 Å². The molecule has 0 saturated carbocycles. The van der Waals surface area contributed by atoms with E-state index in [9.17, 15) is 4.79 Å². The lowest BCUT2D eigenvalue weighted by molar-refractivity contribution is 0.112. The SMILES string of the molecule is O=Cc1ccc(C#Cc2ccc(I)cc2)nc1. The molecule has 0 aliphatic heterocycles. The van der Waals surface area contributed by atoms with Gasteiger partial charge in [-0.05, 0) is 64.9 Å². The van der Waals surface area contributed by atoms with Crippen molar-refractivity contribution < 1.29 is 4.79 Å². The van der Waals surface area contributed by atoms with Gasteiger partial charge in [0.15, 0.2) is 6.29 Å². The second-order valence-electron chi connectivity index (χ2n) is 3.35. The fourth-order valence-corrected chi connectivity index (χ4v) is 1.58. The highest BCUT2D eigenvalue weighted by molar-refractivity contribution is 14.1. The van der Waals surface area contributed by atoms with Crippen LogP contribution in [0.3, 0.4) is 0 Å². The molecule has 0 aliphatic rings. The zero-order valence-electron chi connectivity index (χ0n) is 8.85. The molecule has 0 radical (unpaired) electrons. The zero-order valence-corrected chi connectivity index (χ0v) is 11.0. The summed E-state index contributed by atoms with van der Waals surface area (Å²) in [6.45, 7) is 0. The first-order valence-electron chi connectivity index (χ1n) is 4.97. The summed E-state index contributed by atoms with van der Waals surface area (Å²) in [6, 6.07) is 11.4. The Hall–Kier alpha value is -1.67. The van der Waals surface area contributed by atoms with Crippen LogP contribution in [0.2, 0.25) is 0 Å². The van der Waals surface area contributed by atoms with Crippen LogP contribution in [-0.2, 0) is 0 Å². The molecule has 0 fully saturated rings. The number of aromatic nitrogens is 1. The summed E-state index contributed by atoms with van der Waals surface area (Å²) in [5, 5.41) is 0. The highest BCUT2D eigenvalue weighted by Crippen LogP contribution is 2.05. The van der Waals surface area contributed by atoms with E-state index >= 15 is 0 Å². The maximum Gasteiger partial charge on any atom is 0.151 e. The van der Waals surface area contributed by atoms with Gasteiger partial charge in [-0.15, -0.1) is 0 Å². The maximum atomic E-state index is 10.5. The van der Waals surface area contributed by atoms with Crippen molar-refractivity contribution in [1.82, 2.24) is 4.98 Å². The molecule has 2 rings (SSSR count). The Morgan fingerprint density at radius 2 is 1.82 bits per heavy atom. The summed E-state index contributed by atoms with van der Waals surface area (Å²) in [5.74, 6) is 5.97. The van der Waals surface area contributed by atoms with Crippen molar-refractivity contribution in [2.45, 2.75) is 0 Å². The van der Waals surface area contributed by atoms with E-state index in [4.69, 9.17) is 0 Å². The highest BCUT2D eigenvalue weighted by Gasteiger charge is 1.91. The van der Waals surface area contributed by atoms with E-state index in [1.807, 2.05) is 24.3 Å². The van der Waals surface area contributed by atoms with E-state index in [-0.39, 0.29) is 0 Å². The molecule has 1 heterocycles. The second kappa shape index (κ2) is 5.60. The Morgan fingerprint density at radius 3 is 2.41 bits per heavy atom. The lowest BCUT2D eigenvalue weighted by atomic mass is 10.2. The van der Waals surface area contributed by atoms with Gasteiger partial charge in [0.2, 0.25) is 0 Å². The van der Waals surface area contributed by atoms with Crippen LogP contribution in [0.15, 0.2) is 42.6 Å². The molecule has 0 N–H and O–H groups in total. The fraction of sp³-hybridized carbons (Fsp3) is 0. The number of rotatable bonds is 1. The molecule has 0 atom stereocenters. The third-order valence-electron chi connectivity index (χ3n) is 2.10. The molecule has 0 saturated heterocycles. The molecule has 2 aromatic rings. The molecular formula is C14H8INO. The van der Waals surface area contributed by atoms with Gasteiger partial charge in [0.25, 0.3) is 0 Å². The van der Waals surface area contributed by atoms with Gasteiger partial charge in [-0.1, -0.05) is 5.92 Å². The third kappa shape index (κ3) is 3.40. The summed E-state index contributed by atoms with van der Waals surface area (Å²) < 4.78 is 1.18. The van der Waals surface area contributed by atoms with E-state index in [1.165, 1.54) is 9.77 Å². The summed E-state index contributed by atoms with van der Waals surface area (Å²) >= 11 is 2.25. The largest absolute Gasteiger partial charge is 0.298 e. The fourth-order valence-electron chi connectivity index (χ4n) is 1.22. The molecule has 0 unspecified atom stereocenters. The van der Waals surface area contributed by atoms with Crippen molar-refractivity contribution in [1.29, 1.82) is 0 Å². The van der Waals surface area contributed by atoms with Crippen LogP contribution < -0.4 is 0 Å². The number of hydrogen-bond donors (Lipinski definition) is 0. The molecule has 1 aromatic carbocycles. The molecule has 1 aromatic heterocycles. The van der Waals surface area contributed by atoms with Gasteiger partial charge in [0, 0.05) is 20.9 Å². The van der Waals surface area contributed by atoms with Crippen molar-refractivity contribution in [3.8, 4) is 11.8 Å². The summed E-state index contributed by atoms with van der Waals surface area (Å²) in [6.07, 6.45) is 2.29. The van der Waals surface area contributed by atoms with E-state index in [0.717, 1.165) is 11.8 Å². The minimum absolute atomic E-state index is 0.560. The van der Waals surface area contributed by atoms with Crippen molar-refractivity contribution in [2.75, 3.05) is 0 Å². The van der Waals surface area contributed by atoms with Gasteiger partial charge in [-0.3, -0.25) is 4.79 Å². The van der Waals surface area contributed by atoms with Gasteiger partial charge < -0.3 is 0 Å². The van der Waals surface area contributed by atoms with Crippen LogP contribution in [0, 0.1) is 15.4 Å². The Kier molecular flexibility index (Phi) is 3.89. The lowest BCUT2D eigenvalue weighted by Gasteiger charge is -1.92. The first-order valence-corrected chi connectivity index (χ1v) is 6.04. The van der Waals surface area contributed by atoms with E-state index < -0.39 is 0 Å². The minimum atomic E-state index is 0.560. The molecule has 82 valence electrons. The number of carbonyl (C=O) groups is 1. The highest BCUT2D eigenvalue weighted by atomic mass is 127. The molecule has 3 heteroatoms. The predicted molar refractivity (Wildman–Crippen MR) is 74.8 cm³/mol. The quantitative estimate of drug-likeness (QED) is 0.456. The summed E-state index contributed by atoms with van der Waals surface area (Å²) in [5.41, 5.74) is 2.17. The zero-order chi connectivity index (χ0) is 12.1. The first kappa shape index (κ1) is 11.8. The molecule has 2 nitrogen and oxygen atoms in total. The standard InChI is InChI=1S/C14H8INO/c15-13-5-1-11(2-6-13)3-7-14-8-4-12(10-17)9-16-14/h1-2,4-6,8-10H. The molecule has 0 spiro atoms. The van der Waals surface area contributed by atoms with Gasteiger partial charge in [0.05, 0.1) is 0 Å². The molecule has 17 heavy (non-hydrogen) atoms. The van der Waals surface area contributed by atoms with Crippen LogP contribution in [0.4, 0.5) is 0 Å². The first-order chi connectivity index (χ1) is 8.28. The van der Waals surface area contributed by atoms with E-state index in [1.54, 1.807) is 12.1 Å². The molecule has 0 bridgehead atoms. The molecular weight excluding hydrogens is 325 g/mol. The number of hydrogen-bond acceptors (Lipinski definition) is 2. The van der Waals surface area contributed by atoms with Crippen molar-refractivity contribution in [3.63, 3.8) is 0 Å². The Labute approximate surface area is 113 Å². The van der Waals surface area contributed by atoms with Crippen molar-refractivity contribution in [2.24, 2.45) is 0 Å². The molecule has 0 aliphatic carbocycles. The Balaban J connectivity index is 2.20.